The first-order valence-corrected chi connectivity index (χ1v) is 6.97. The second kappa shape index (κ2) is 7.21. The molecule has 0 aliphatic rings. The van der Waals surface area contributed by atoms with E-state index in [1.54, 1.807) is 42.6 Å². The van der Waals surface area contributed by atoms with Gasteiger partial charge in [0.05, 0.1) is 0 Å². The van der Waals surface area contributed by atoms with Crippen LogP contribution in [0.3, 0.4) is 0 Å². The number of hydrogen-bond acceptors (Lipinski definition) is 4. The highest BCUT2D eigenvalue weighted by atomic mass is 16.2. The number of carbonyl (C=O) groups excluding carboxylic acids is 2. The number of nitrogens with one attached hydrogen (secondary N) is 3. The number of rotatable bonds is 5. The molecule has 0 bridgehead atoms. The van der Waals surface area contributed by atoms with Crippen LogP contribution < -0.4 is 16.0 Å². The van der Waals surface area contributed by atoms with Gasteiger partial charge < -0.3 is 16.0 Å². The van der Waals surface area contributed by atoms with Crippen LogP contribution in [0.15, 0.2) is 42.6 Å². The van der Waals surface area contributed by atoms with Crippen molar-refractivity contribution in [2.75, 3.05) is 22.5 Å². The Hall–Kier alpha value is -2.89. The van der Waals surface area contributed by atoms with Crippen molar-refractivity contribution in [2.45, 2.75) is 13.8 Å². The van der Waals surface area contributed by atoms with Gasteiger partial charge in [-0.1, -0.05) is 0 Å². The van der Waals surface area contributed by atoms with E-state index in [0.29, 0.717) is 22.8 Å². The molecule has 6 nitrogen and oxygen atoms in total. The van der Waals surface area contributed by atoms with Gasteiger partial charge in [0.2, 0.25) is 5.91 Å². The molecule has 0 radical (unpaired) electrons. The molecule has 0 aliphatic carbocycles. The topological polar surface area (TPSA) is 83.1 Å². The van der Waals surface area contributed by atoms with Gasteiger partial charge in [-0.05, 0) is 43.3 Å². The van der Waals surface area contributed by atoms with Crippen molar-refractivity contribution < 1.29 is 9.59 Å². The smallest absolute Gasteiger partial charge is 0.255 e. The summed E-state index contributed by atoms with van der Waals surface area (Å²) in [4.78, 5) is 27.3. The number of hydrogen-bond donors (Lipinski definition) is 3. The Balaban J connectivity index is 2.05. The lowest BCUT2D eigenvalue weighted by Gasteiger charge is -2.08. The fraction of sp³-hybridized carbons (Fsp3) is 0.188. The van der Waals surface area contributed by atoms with E-state index in [1.807, 2.05) is 6.92 Å². The van der Waals surface area contributed by atoms with Crippen LogP contribution in [-0.2, 0) is 4.79 Å². The summed E-state index contributed by atoms with van der Waals surface area (Å²) in [5.74, 6) is 0.314. The third-order valence-corrected chi connectivity index (χ3v) is 2.84. The van der Waals surface area contributed by atoms with Crippen molar-refractivity contribution in [2.24, 2.45) is 0 Å². The number of benzene rings is 1. The van der Waals surface area contributed by atoms with Gasteiger partial charge in [-0.15, -0.1) is 0 Å². The second-order valence-electron chi connectivity index (χ2n) is 4.67. The summed E-state index contributed by atoms with van der Waals surface area (Å²) in [5, 5.41) is 8.53. The Morgan fingerprint density at radius 3 is 2.27 bits per heavy atom. The van der Waals surface area contributed by atoms with Crippen LogP contribution in [0.1, 0.15) is 24.2 Å². The summed E-state index contributed by atoms with van der Waals surface area (Å²) >= 11 is 0. The summed E-state index contributed by atoms with van der Waals surface area (Å²) in [6, 6.07) is 10.3. The normalized spacial score (nSPS) is 9.91. The number of carbonyl (C=O) groups is 2. The highest BCUT2D eigenvalue weighted by Gasteiger charge is 2.07. The van der Waals surface area contributed by atoms with Crippen molar-refractivity contribution in [1.82, 2.24) is 4.98 Å². The van der Waals surface area contributed by atoms with E-state index in [-0.39, 0.29) is 11.8 Å². The van der Waals surface area contributed by atoms with Crippen molar-refractivity contribution in [3.05, 3.63) is 48.2 Å². The first-order chi connectivity index (χ1) is 10.6. The van der Waals surface area contributed by atoms with E-state index >= 15 is 0 Å². The molecule has 2 aromatic rings. The lowest BCUT2D eigenvalue weighted by atomic mass is 10.2. The Labute approximate surface area is 129 Å². The molecular weight excluding hydrogens is 280 g/mol. The Morgan fingerprint density at radius 2 is 1.68 bits per heavy atom. The molecule has 0 atom stereocenters. The van der Waals surface area contributed by atoms with Crippen molar-refractivity contribution in [3.8, 4) is 0 Å². The predicted molar refractivity (Wildman–Crippen MR) is 87.1 cm³/mol. The maximum absolute atomic E-state index is 12.2. The Kier molecular flexibility index (Phi) is 5.08. The molecule has 0 saturated carbocycles. The van der Waals surface area contributed by atoms with E-state index in [1.165, 1.54) is 6.92 Å². The largest absolute Gasteiger partial charge is 0.370 e. The minimum absolute atomic E-state index is 0.135. The molecular formula is C16H18N4O2. The maximum Gasteiger partial charge on any atom is 0.255 e. The van der Waals surface area contributed by atoms with Crippen LogP contribution in [0.2, 0.25) is 0 Å². The highest BCUT2D eigenvalue weighted by Crippen LogP contribution is 2.15. The van der Waals surface area contributed by atoms with E-state index in [0.717, 1.165) is 6.54 Å². The Bertz CT molecular complexity index is 668. The molecule has 22 heavy (non-hydrogen) atoms. The standard InChI is InChI=1S/C16H18N4O2/c1-3-17-15-10-12(8-9-18-15)16(22)20-14-6-4-13(5-7-14)19-11(2)21/h4-10H,3H2,1-2H3,(H,17,18)(H,19,21)(H,20,22). The van der Waals surface area contributed by atoms with Gasteiger partial charge in [-0.25, -0.2) is 4.98 Å². The molecule has 3 N–H and O–H groups in total. The van der Waals surface area contributed by atoms with Crippen LogP contribution in [0, 0.1) is 0 Å². The minimum Gasteiger partial charge on any atom is -0.370 e. The van der Waals surface area contributed by atoms with Crippen molar-refractivity contribution >= 4 is 29.0 Å². The molecule has 6 heteroatoms. The SMILES string of the molecule is CCNc1cc(C(=O)Nc2ccc(NC(C)=O)cc2)ccn1. The average molecular weight is 298 g/mol. The second-order valence-corrected chi connectivity index (χ2v) is 4.67. The molecule has 0 aliphatic heterocycles. The zero-order valence-electron chi connectivity index (χ0n) is 12.5. The zero-order chi connectivity index (χ0) is 15.9. The number of nitrogens with zero attached hydrogens (tertiary/aromatic N) is 1. The van der Waals surface area contributed by atoms with E-state index < -0.39 is 0 Å². The van der Waals surface area contributed by atoms with Crippen molar-refractivity contribution in [3.63, 3.8) is 0 Å². The van der Waals surface area contributed by atoms with Gasteiger partial charge in [-0.2, -0.15) is 0 Å². The third-order valence-electron chi connectivity index (χ3n) is 2.84. The summed E-state index contributed by atoms with van der Waals surface area (Å²) < 4.78 is 0. The number of amides is 2. The molecule has 1 aromatic heterocycles. The molecule has 1 aromatic carbocycles. The molecule has 114 valence electrons. The molecule has 0 fully saturated rings. The van der Waals surface area contributed by atoms with E-state index in [9.17, 15) is 9.59 Å². The monoisotopic (exact) mass is 298 g/mol. The van der Waals surface area contributed by atoms with Gasteiger partial charge in [0.1, 0.15) is 5.82 Å². The van der Waals surface area contributed by atoms with Gasteiger partial charge >= 0.3 is 0 Å². The fourth-order valence-electron chi connectivity index (χ4n) is 1.89. The van der Waals surface area contributed by atoms with Crippen LogP contribution in [0.4, 0.5) is 17.2 Å². The number of pyridine rings is 1. The summed E-state index contributed by atoms with van der Waals surface area (Å²) in [6.07, 6.45) is 1.59. The first kappa shape index (κ1) is 15.5. The minimum atomic E-state index is -0.214. The molecule has 2 rings (SSSR count). The summed E-state index contributed by atoms with van der Waals surface area (Å²) in [7, 11) is 0. The fourth-order valence-corrected chi connectivity index (χ4v) is 1.89. The first-order valence-electron chi connectivity index (χ1n) is 6.97. The third kappa shape index (κ3) is 4.31. The van der Waals surface area contributed by atoms with Crippen LogP contribution in [0.25, 0.3) is 0 Å². The summed E-state index contributed by atoms with van der Waals surface area (Å²) in [6.45, 7) is 4.15. The molecule has 0 unspecified atom stereocenters. The van der Waals surface area contributed by atoms with Gasteiger partial charge in [0, 0.05) is 36.6 Å². The zero-order valence-corrected chi connectivity index (χ0v) is 12.5. The van der Waals surface area contributed by atoms with Gasteiger partial charge in [-0.3, -0.25) is 9.59 Å². The molecule has 2 amide bonds. The highest BCUT2D eigenvalue weighted by molar-refractivity contribution is 6.04. The molecule has 1 heterocycles. The number of aromatic nitrogens is 1. The van der Waals surface area contributed by atoms with Gasteiger partial charge in [0.15, 0.2) is 0 Å². The van der Waals surface area contributed by atoms with Crippen LogP contribution >= 0.6 is 0 Å². The lowest BCUT2D eigenvalue weighted by molar-refractivity contribution is -0.114. The Morgan fingerprint density at radius 1 is 1.05 bits per heavy atom. The molecule has 0 saturated heterocycles. The van der Waals surface area contributed by atoms with E-state index in [4.69, 9.17) is 0 Å². The van der Waals surface area contributed by atoms with E-state index in [2.05, 4.69) is 20.9 Å². The summed E-state index contributed by atoms with van der Waals surface area (Å²) in [5.41, 5.74) is 1.86. The average Bonchev–Trinajstić information content (AvgIpc) is 2.49. The van der Waals surface area contributed by atoms with Crippen LogP contribution in [0.5, 0.6) is 0 Å². The quantitative estimate of drug-likeness (QED) is 0.792. The van der Waals surface area contributed by atoms with Crippen LogP contribution in [-0.4, -0.2) is 23.3 Å². The van der Waals surface area contributed by atoms with Crippen molar-refractivity contribution in [1.29, 1.82) is 0 Å². The lowest BCUT2D eigenvalue weighted by Crippen LogP contribution is -2.13. The number of anilines is 3. The van der Waals surface area contributed by atoms with Gasteiger partial charge in [0.25, 0.3) is 5.91 Å². The maximum atomic E-state index is 12.2. The predicted octanol–water partition coefficient (Wildman–Crippen LogP) is 2.72. The molecule has 0 spiro atoms.